The number of nitrogens with zero attached hydrogens (tertiary/aromatic N) is 3. The molecule has 24 heavy (non-hydrogen) atoms. The van der Waals surface area contributed by atoms with Gasteiger partial charge in [0.05, 0.1) is 6.17 Å². The fraction of sp³-hybridized carbons (Fsp3) is 0.421. The average Bonchev–Trinajstić information content (AvgIpc) is 2.67. The molecule has 0 unspecified atom stereocenters. The topological polar surface area (TPSA) is 56.5 Å². The molecule has 2 aromatic rings. The fourth-order valence-electron chi connectivity index (χ4n) is 3.06. The first-order chi connectivity index (χ1) is 11.2. The van der Waals surface area contributed by atoms with Crippen LogP contribution in [-0.2, 0) is 6.54 Å². The van der Waals surface area contributed by atoms with Gasteiger partial charge in [-0.3, -0.25) is 0 Å². The Kier molecular flexibility index (Phi) is 4.21. The highest BCUT2D eigenvalue weighted by molar-refractivity contribution is 5.23. The molecule has 1 aromatic carbocycles. The molecule has 1 aliphatic rings. The molecule has 5 nitrogen and oxygen atoms in total. The Morgan fingerprint density at radius 2 is 1.38 bits per heavy atom. The predicted octanol–water partition coefficient (Wildman–Crippen LogP) is 3.19. The van der Waals surface area contributed by atoms with E-state index in [2.05, 4.69) is 12.1 Å². The number of rotatable bonds is 3. The van der Waals surface area contributed by atoms with Gasteiger partial charge >= 0.3 is 0 Å². The van der Waals surface area contributed by atoms with Gasteiger partial charge in [-0.1, -0.05) is 30.3 Å². The number of hydrogen-bond acceptors (Lipinski definition) is 4. The van der Waals surface area contributed by atoms with Crippen LogP contribution in [0.15, 0.2) is 54.9 Å². The van der Waals surface area contributed by atoms with Crippen LogP contribution in [0.3, 0.4) is 0 Å². The number of pyridine rings is 1. The number of hydrogen-bond donors (Lipinski definition) is 0. The van der Waals surface area contributed by atoms with Crippen molar-refractivity contribution in [2.75, 3.05) is 0 Å². The molecule has 0 saturated carbocycles. The Morgan fingerprint density at radius 3 is 1.88 bits per heavy atom. The van der Waals surface area contributed by atoms with Crippen molar-refractivity contribution in [2.24, 2.45) is 0 Å². The van der Waals surface area contributed by atoms with Gasteiger partial charge in [-0.25, -0.2) is 4.57 Å². The van der Waals surface area contributed by atoms with Crippen LogP contribution in [-0.4, -0.2) is 21.2 Å². The molecule has 128 valence electrons. The van der Waals surface area contributed by atoms with Crippen molar-refractivity contribution >= 4 is 0 Å². The summed E-state index contributed by atoms with van der Waals surface area (Å²) in [6.07, 6.45) is 3.03. The Labute approximate surface area is 143 Å². The lowest BCUT2D eigenvalue weighted by Gasteiger charge is -2.46. The summed E-state index contributed by atoms with van der Waals surface area (Å²) in [6.45, 7) is 8.05. The Morgan fingerprint density at radius 1 is 0.875 bits per heavy atom. The van der Waals surface area contributed by atoms with Gasteiger partial charge in [0.2, 0.25) is 0 Å². The molecule has 0 bridgehead atoms. The Bertz CT molecular complexity index is 678. The van der Waals surface area contributed by atoms with Crippen molar-refractivity contribution in [3.8, 4) is 0 Å². The maximum Gasteiger partial charge on any atom is 0.173 e. The minimum absolute atomic E-state index is 0.725. The maximum atomic E-state index is 12.7. The molecule has 1 saturated heterocycles. The van der Waals surface area contributed by atoms with Crippen LogP contribution in [0.4, 0.5) is 0 Å². The maximum absolute atomic E-state index is 12.7. The molecular weight excluding hydrogens is 302 g/mol. The predicted molar refractivity (Wildman–Crippen MR) is 93.5 cm³/mol. The summed E-state index contributed by atoms with van der Waals surface area (Å²) in [5, 5.41) is 27.3. The van der Waals surface area contributed by atoms with Crippen LogP contribution in [0.1, 0.15) is 45.0 Å². The third-order valence-corrected chi connectivity index (χ3v) is 5.47. The van der Waals surface area contributed by atoms with E-state index in [0.717, 1.165) is 22.2 Å². The molecule has 0 amide bonds. The molecule has 1 aliphatic heterocycles. The molecule has 0 atom stereocenters. The number of hydroxylamine groups is 4. The highest BCUT2D eigenvalue weighted by Crippen LogP contribution is 2.48. The van der Waals surface area contributed by atoms with Crippen molar-refractivity contribution in [3.63, 3.8) is 0 Å². The van der Waals surface area contributed by atoms with Gasteiger partial charge in [-0.15, -0.1) is 0 Å². The van der Waals surface area contributed by atoms with E-state index in [1.807, 2.05) is 75.0 Å². The molecule has 0 spiro atoms. The van der Waals surface area contributed by atoms with E-state index in [0.29, 0.717) is 0 Å². The van der Waals surface area contributed by atoms with E-state index < -0.39 is 17.2 Å². The zero-order valence-electron chi connectivity index (χ0n) is 14.6. The zero-order valence-corrected chi connectivity index (χ0v) is 14.6. The smallest absolute Gasteiger partial charge is 0.173 e. The summed E-state index contributed by atoms with van der Waals surface area (Å²) in [5.74, 6) is 0. The van der Waals surface area contributed by atoms with Gasteiger partial charge in [0, 0.05) is 28.8 Å². The Hall–Kier alpha value is -1.79. The SMILES string of the molecule is CC1(C)N([O-])C(c2cc[n+](Cc3ccccc3)cc2)N([O-])C1(C)C. The van der Waals surface area contributed by atoms with E-state index >= 15 is 0 Å². The molecule has 3 rings (SSSR count). The second-order valence-corrected chi connectivity index (χ2v) is 7.43. The lowest BCUT2D eigenvalue weighted by atomic mass is 9.84. The monoisotopic (exact) mass is 326 g/mol. The van der Waals surface area contributed by atoms with Crippen LogP contribution in [0, 0.1) is 10.4 Å². The first kappa shape index (κ1) is 17.0. The first-order valence-corrected chi connectivity index (χ1v) is 8.21. The van der Waals surface area contributed by atoms with Gasteiger partial charge in [0.15, 0.2) is 18.9 Å². The Balaban J connectivity index is 1.83. The number of aromatic nitrogens is 1. The van der Waals surface area contributed by atoms with E-state index in [-0.39, 0.29) is 0 Å². The average molecular weight is 326 g/mol. The molecule has 2 heterocycles. The van der Waals surface area contributed by atoms with Gasteiger partial charge < -0.3 is 20.5 Å². The van der Waals surface area contributed by atoms with Crippen molar-refractivity contribution in [1.82, 2.24) is 10.1 Å². The number of benzene rings is 1. The molecular formula is C19H24N3O2-. The van der Waals surface area contributed by atoms with Crippen LogP contribution >= 0.6 is 0 Å². The molecule has 0 N–H and O–H groups in total. The summed E-state index contributed by atoms with van der Waals surface area (Å²) < 4.78 is 2.04. The highest BCUT2D eigenvalue weighted by Gasteiger charge is 2.50. The van der Waals surface area contributed by atoms with Crippen LogP contribution in [0.25, 0.3) is 0 Å². The van der Waals surface area contributed by atoms with Crippen LogP contribution in [0.5, 0.6) is 0 Å². The minimum Gasteiger partial charge on any atom is -0.783 e. The normalized spacial score (nSPS) is 21.2. The molecule has 1 fully saturated rings. The van der Waals surface area contributed by atoms with Crippen LogP contribution < -0.4 is 4.57 Å². The second kappa shape index (κ2) is 5.93. The van der Waals surface area contributed by atoms with Gasteiger partial charge in [-0.2, -0.15) is 0 Å². The summed E-state index contributed by atoms with van der Waals surface area (Å²) in [6, 6.07) is 13.9. The van der Waals surface area contributed by atoms with Gasteiger partial charge in [-0.05, 0) is 33.3 Å². The van der Waals surface area contributed by atoms with Crippen LogP contribution in [0.2, 0.25) is 0 Å². The van der Waals surface area contributed by atoms with E-state index in [9.17, 15) is 10.4 Å². The van der Waals surface area contributed by atoms with Crippen molar-refractivity contribution < 1.29 is 4.57 Å². The summed E-state index contributed by atoms with van der Waals surface area (Å²) in [5.41, 5.74) is 0.419. The molecule has 0 radical (unpaired) electrons. The van der Waals surface area contributed by atoms with Crippen molar-refractivity contribution in [2.45, 2.75) is 51.5 Å². The zero-order chi connectivity index (χ0) is 17.5. The first-order valence-electron chi connectivity index (χ1n) is 8.21. The lowest BCUT2D eigenvalue weighted by Crippen LogP contribution is -2.51. The molecule has 1 aromatic heterocycles. The van der Waals surface area contributed by atoms with E-state index in [1.54, 1.807) is 0 Å². The highest BCUT2D eigenvalue weighted by atomic mass is 16.6. The standard InChI is InChI=1S/C19H24N3O2/c1-18(2)19(3,4)22(24)17(21(18)23)16-10-12-20(13-11-16)14-15-8-6-5-7-9-15/h5-13,17H,14H2,1-4H3/q-1. The van der Waals surface area contributed by atoms with E-state index in [1.165, 1.54) is 5.56 Å². The quantitative estimate of drug-likeness (QED) is 0.813. The van der Waals surface area contributed by atoms with Crippen molar-refractivity contribution in [1.29, 1.82) is 0 Å². The second-order valence-electron chi connectivity index (χ2n) is 7.43. The third-order valence-electron chi connectivity index (χ3n) is 5.47. The van der Waals surface area contributed by atoms with Gasteiger partial charge in [0.1, 0.15) is 0 Å². The lowest BCUT2D eigenvalue weighted by molar-refractivity contribution is -0.688. The molecule has 0 aliphatic carbocycles. The van der Waals surface area contributed by atoms with Gasteiger partial charge in [0.25, 0.3) is 0 Å². The van der Waals surface area contributed by atoms with Crippen molar-refractivity contribution in [3.05, 3.63) is 76.4 Å². The largest absolute Gasteiger partial charge is 0.783 e. The third kappa shape index (κ3) is 2.63. The minimum atomic E-state index is -0.804. The molecule has 5 heteroatoms. The fourth-order valence-corrected chi connectivity index (χ4v) is 3.06. The van der Waals surface area contributed by atoms with E-state index in [4.69, 9.17) is 0 Å². The summed E-state index contributed by atoms with van der Waals surface area (Å²) in [7, 11) is 0. The summed E-state index contributed by atoms with van der Waals surface area (Å²) in [4.78, 5) is 0. The summed E-state index contributed by atoms with van der Waals surface area (Å²) >= 11 is 0.